The number of aliphatic imine (C=N–C) groups is 1. The van der Waals surface area contributed by atoms with Gasteiger partial charge in [0.05, 0.1) is 10.2 Å². The number of nitrogens with zero attached hydrogens (tertiary/aromatic N) is 1. The van der Waals surface area contributed by atoms with Crippen LogP contribution in [0.1, 0.15) is 16.7 Å². The van der Waals surface area contributed by atoms with Gasteiger partial charge >= 0.3 is 0 Å². The average molecular weight is 344 g/mol. The zero-order chi connectivity index (χ0) is 15.2. The third kappa shape index (κ3) is 4.05. The third-order valence-corrected chi connectivity index (χ3v) is 3.86. The minimum atomic E-state index is 0.495. The van der Waals surface area contributed by atoms with Gasteiger partial charge in [0.1, 0.15) is 12.4 Å². The Bertz CT molecular complexity index is 677. The lowest BCUT2D eigenvalue weighted by Gasteiger charge is -2.06. The van der Waals surface area contributed by atoms with Crippen molar-refractivity contribution in [1.82, 2.24) is 0 Å². The maximum Gasteiger partial charge on any atom is 0.133 e. The molecular weight excluding hydrogens is 326 g/mol. The van der Waals surface area contributed by atoms with Crippen LogP contribution in [0.5, 0.6) is 5.75 Å². The molecule has 0 saturated heterocycles. The minimum absolute atomic E-state index is 0.495. The van der Waals surface area contributed by atoms with Gasteiger partial charge in [0.25, 0.3) is 0 Å². The first-order chi connectivity index (χ1) is 10.1. The van der Waals surface area contributed by atoms with Crippen molar-refractivity contribution < 1.29 is 4.74 Å². The molecule has 2 aromatic carbocycles. The topological polar surface area (TPSA) is 21.6 Å². The zero-order valence-corrected chi connectivity index (χ0v) is 13.9. The van der Waals surface area contributed by atoms with Crippen molar-refractivity contribution in [1.29, 1.82) is 0 Å². The van der Waals surface area contributed by atoms with Gasteiger partial charge in [-0.05, 0) is 70.7 Å². The van der Waals surface area contributed by atoms with Gasteiger partial charge in [-0.3, -0.25) is 4.99 Å². The molecule has 0 bridgehead atoms. The Kier molecular flexibility index (Phi) is 5.34. The fourth-order valence-corrected chi connectivity index (χ4v) is 2.39. The van der Waals surface area contributed by atoms with Crippen molar-refractivity contribution in [2.24, 2.45) is 4.99 Å². The summed E-state index contributed by atoms with van der Waals surface area (Å²) in [7, 11) is 0. The Morgan fingerprint density at radius 2 is 2.05 bits per heavy atom. The zero-order valence-electron chi connectivity index (χ0n) is 12.3. The van der Waals surface area contributed by atoms with Crippen molar-refractivity contribution in [2.45, 2.75) is 13.8 Å². The third-order valence-electron chi connectivity index (χ3n) is 3.24. The van der Waals surface area contributed by atoms with E-state index < -0.39 is 0 Å². The lowest BCUT2D eigenvalue weighted by Crippen LogP contribution is -1.94. The highest BCUT2D eigenvalue weighted by atomic mass is 79.9. The number of ether oxygens (including phenoxy) is 1. The second-order valence-corrected chi connectivity index (χ2v) is 5.62. The molecule has 108 valence electrons. The molecule has 2 nitrogen and oxygen atoms in total. The quantitative estimate of drug-likeness (QED) is 0.527. The van der Waals surface area contributed by atoms with Crippen LogP contribution in [0.3, 0.4) is 0 Å². The highest BCUT2D eigenvalue weighted by Gasteiger charge is 2.02. The van der Waals surface area contributed by atoms with E-state index in [9.17, 15) is 0 Å². The first kappa shape index (κ1) is 15.5. The fraction of sp³-hybridized carbons (Fsp3) is 0.167. The molecule has 0 aromatic heterocycles. The molecule has 3 heteroatoms. The number of hydrogen-bond donors (Lipinski definition) is 0. The summed E-state index contributed by atoms with van der Waals surface area (Å²) in [6.45, 7) is 8.32. The maximum atomic E-state index is 5.53. The highest BCUT2D eigenvalue weighted by molar-refractivity contribution is 9.10. The largest absolute Gasteiger partial charge is 0.488 e. The van der Waals surface area contributed by atoms with Crippen molar-refractivity contribution in [3.8, 4) is 5.75 Å². The second-order valence-electron chi connectivity index (χ2n) is 4.77. The summed E-state index contributed by atoms with van der Waals surface area (Å²) in [5, 5.41) is 0. The van der Waals surface area contributed by atoms with Crippen LogP contribution in [-0.2, 0) is 0 Å². The minimum Gasteiger partial charge on any atom is -0.488 e. The Hall–Kier alpha value is -1.87. The SMILES string of the molecule is C=CCOc1ccc(C=Nc2cccc(C)c2C)cc1Br. The summed E-state index contributed by atoms with van der Waals surface area (Å²) in [5.74, 6) is 0.804. The van der Waals surface area contributed by atoms with E-state index in [0.29, 0.717) is 6.61 Å². The molecule has 0 saturated carbocycles. The van der Waals surface area contributed by atoms with Gasteiger partial charge in [-0.25, -0.2) is 0 Å². The molecule has 0 fully saturated rings. The van der Waals surface area contributed by atoms with Crippen LogP contribution in [0.4, 0.5) is 5.69 Å². The van der Waals surface area contributed by atoms with Crippen LogP contribution in [0.25, 0.3) is 0 Å². The van der Waals surface area contributed by atoms with E-state index >= 15 is 0 Å². The molecule has 0 amide bonds. The summed E-state index contributed by atoms with van der Waals surface area (Å²) in [4.78, 5) is 4.57. The van der Waals surface area contributed by atoms with Gasteiger partial charge in [0, 0.05) is 6.21 Å². The van der Waals surface area contributed by atoms with Crippen molar-refractivity contribution in [3.05, 3.63) is 70.2 Å². The first-order valence-electron chi connectivity index (χ1n) is 6.75. The molecule has 0 aliphatic carbocycles. The Balaban J connectivity index is 2.19. The van der Waals surface area contributed by atoms with Crippen LogP contribution in [0.15, 0.2) is 58.5 Å². The van der Waals surface area contributed by atoms with Gasteiger partial charge in [-0.15, -0.1) is 0 Å². The monoisotopic (exact) mass is 343 g/mol. The molecule has 2 aromatic rings. The van der Waals surface area contributed by atoms with Crippen LogP contribution in [-0.4, -0.2) is 12.8 Å². The standard InChI is InChI=1S/C18H18BrNO/c1-4-10-21-18-9-8-15(11-16(18)19)12-20-17-7-5-6-13(2)14(17)3/h4-9,11-12H,1,10H2,2-3H3. The molecular formula is C18H18BrNO. The van der Waals surface area contributed by atoms with Crippen molar-refractivity contribution >= 4 is 27.8 Å². The van der Waals surface area contributed by atoms with Crippen LogP contribution >= 0.6 is 15.9 Å². The van der Waals surface area contributed by atoms with Crippen molar-refractivity contribution in [2.75, 3.05) is 6.61 Å². The second kappa shape index (κ2) is 7.23. The van der Waals surface area contributed by atoms with Gasteiger partial charge in [0.15, 0.2) is 0 Å². The smallest absolute Gasteiger partial charge is 0.133 e. The molecule has 0 N–H and O–H groups in total. The van der Waals surface area contributed by atoms with E-state index in [4.69, 9.17) is 4.74 Å². The normalized spacial score (nSPS) is 10.8. The molecule has 0 atom stereocenters. The number of hydrogen-bond acceptors (Lipinski definition) is 2. The first-order valence-corrected chi connectivity index (χ1v) is 7.54. The maximum absolute atomic E-state index is 5.53. The number of aryl methyl sites for hydroxylation is 1. The average Bonchev–Trinajstić information content (AvgIpc) is 2.48. The van der Waals surface area contributed by atoms with Crippen molar-refractivity contribution in [3.63, 3.8) is 0 Å². The number of rotatable bonds is 5. The van der Waals surface area contributed by atoms with E-state index in [2.05, 4.69) is 47.4 Å². The summed E-state index contributed by atoms with van der Waals surface area (Å²) >= 11 is 3.51. The van der Waals surface area contributed by atoms with Gasteiger partial charge < -0.3 is 4.74 Å². The summed E-state index contributed by atoms with van der Waals surface area (Å²) in [5.41, 5.74) is 4.48. The predicted molar refractivity (Wildman–Crippen MR) is 93.0 cm³/mol. The lowest BCUT2D eigenvalue weighted by atomic mass is 10.1. The van der Waals surface area contributed by atoms with E-state index in [0.717, 1.165) is 21.5 Å². The number of halogens is 1. The molecule has 2 rings (SSSR count). The molecule has 0 spiro atoms. The molecule has 21 heavy (non-hydrogen) atoms. The number of benzene rings is 2. The molecule has 0 aliphatic rings. The Morgan fingerprint density at radius 3 is 2.76 bits per heavy atom. The van der Waals surface area contributed by atoms with Gasteiger partial charge in [0.2, 0.25) is 0 Å². The summed E-state index contributed by atoms with van der Waals surface area (Å²) < 4.78 is 6.44. The van der Waals surface area contributed by atoms with E-state index in [1.165, 1.54) is 11.1 Å². The van der Waals surface area contributed by atoms with Crippen LogP contribution in [0, 0.1) is 13.8 Å². The van der Waals surface area contributed by atoms with Gasteiger partial charge in [-0.2, -0.15) is 0 Å². The van der Waals surface area contributed by atoms with E-state index in [1.54, 1.807) is 6.08 Å². The van der Waals surface area contributed by atoms with E-state index in [1.807, 2.05) is 36.5 Å². The van der Waals surface area contributed by atoms with Gasteiger partial charge in [-0.1, -0.05) is 24.8 Å². The molecule has 0 heterocycles. The van der Waals surface area contributed by atoms with E-state index in [-0.39, 0.29) is 0 Å². The highest BCUT2D eigenvalue weighted by Crippen LogP contribution is 2.26. The Labute approximate surface area is 134 Å². The van der Waals surface area contributed by atoms with Crippen LogP contribution in [0.2, 0.25) is 0 Å². The lowest BCUT2D eigenvalue weighted by molar-refractivity contribution is 0.361. The van der Waals surface area contributed by atoms with Crippen LogP contribution < -0.4 is 4.74 Å². The molecule has 0 radical (unpaired) electrons. The summed E-state index contributed by atoms with van der Waals surface area (Å²) in [6.07, 6.45) is 3.59. The molecule has 0 unspecified atom stereocenters. The fourth-order valence-electron chi connectivity index (χ4n) is 1.88. The Morgan fingerprint density at radius 1 is 1.24 bits per heavy atom. The molecule has 0 aliphatic heterocycles. The summed E-state index contributed by atoms with van der Waals surface area (Å²) in [6, 6.07) is 12.0. The predicted octanol–water partition coefficient (Wildman–Crippen LogP) is 5.38.